The van der Waals surface area contributed by atoms with Gasteiger partial charge >= 0.3 is 0 Å². The van der Waals surface area contributed by atoms with Crippen molar-refractivity contribution in [2.24, 2.45) is 0 Å². The molecule has 0 aliphatic carbocycles. The zero-order chi connectivity index (χ0) is 13.8. The SMILES string of the molecule is Cc1cc(Cl)ccc1CNc1cccc(C)c1C#N. The summed E-state index contributed by atoms with van der Waals surface area (Å²) in [6.45, 7) is 4.66. The van der Waals surface area contributed by atoms with E-state index in [-0.39, 0.29) is 0 Å². The highest BCUT2D eigenvalue weighted by Crippen LogP contribution is 2.21. The van der Waals surface area contributed by atoms with Gasteiger partial charge in [-0.3, -0.25) is 0 Å². The standard InChI is InChI=1S/C16H15ClN2/c1-11-4-3-5-16(15(11)9-18)19-10-13-6-7-14(17)8-12(13)2/h3-8,19H,10H2,1-2H3. The highest BCUT2D eigenvalue weighted by atomic mass is 35.5. The number of benzene rings is 2. The predicted octanol–water partition coefficient (Wildman–Crippen LogP) is 4.44. The number of aryl methyl sites for hydroxylation is 2. The lowest BCUT2D eigenvalue weighted by molar-refractivity contribution is 1.11. The zero-order valence-electron chi connectivity index (χ0n) is 11.0. The Labute approximate surface area is 118 Å². The summed E-state index contributed by atoms with van der Waals surface area (Å²) in [5.41, 5.74) is 4.88. The molecular formula is C16H15ClN2. The highest BCUT2D eigenvalue weighted by molar-refractivity contribution is 6.30. The molecule has 2 nitrogen and oxygen atoms in total. The van der Waals surface area contributed by atoms with Crippen molar-refractivity contribution in [3.63, 3.8) is 0 Å². The summed E-state index contributed by atoms with van der Waals surface area (Å²) in [5, 5.41) is 13.2. The third-order valence-electron chi connectivity index (χ3n) is 3.16. The number of rotatable bonds is 3. The van der Waals surface area contributed by atoms with Crippen LogP contribution in [-0.2, 0) is 6.54 Å². The molecule has 0 aliphatic heterocycles. The Morgan fingerprint density at radius 1 is 1.16 bits per heavy atom. The summed E-state index contributed by atoms with van der Waals surface area (Å²) in [4.78, 5) is 0. The fraction of sp³-hybridized carbons (Fsp3) is 0.188. The Morgan fingerprint density at radius 3 is 2.63 bits per heavy atom. The Morgan fingerprint density at radius 2 is 1.95 bits per heavy atom. The van der Waals surface area contributed by atoms with Crippen molar-refractivity contribution in [2.45, 2.75) is 20.4 Å². The fourth-order valence-corrected chi connectivity index (χ4v) is 2.24. The van der Waals surface area contributed by atoms with Gasteiger partial charge in [-0.15, -0.1) is 0 Å². The molecule has 0 aliphatic rings. The minimum absolute atomic E-state index is 0.682. The number of nitrogens with one attached hydrogen (secondary N) is 1. The molecule has 0 amide bonds. The number of nitrogens with zero attached hydrogens (tertiary/aromatic N) is 1. The molecule has 0 saturated heterocycles. The molecule has 0 unspecified atom stereocenters. The minimum Gasteiger partial charge on any atom is -0.380 e. The second-order valence-corrected chi connectivity index (χ2v) is 4.97. The van der Waals surface area contributed by atoms with Gasteiger partial charge in [-0.25, -0.2) is 0 Å². The topological polar surface area (TPSA) is 35.8 Å². The van der Waals surface area contributed by atoms with E-state index in [1.165, 1.54) is 5.56 Å². The zero-order valence-corrected chi connectivity index (χ0v) is 11.8. The normalized spacial score (nSPS) is 10.0. The maximum atomic E-state index is 9.18. The molecule has 0 atom stereocenters. The summed E-state index contributed by atoms with van der Waals surface area (Å²) < 4.78 is 0. The first-order valence-corrected chi connectivity index (χ1v) is 6.48. The van der Waals surface area contributed by atoms with E-state index in [1.807, 2.05) is 50.2 Å². The largest absolute Gasteiger partial charge is 0.380 e. The summed E-state index contributed by atoms with van der Waals surface area (Å²) in [6.07, 6.45) is 0. The van der Waals surface area contributed by atoms with Crippen LogP contribution in [0, 0.1) is 25.2 Å². The monoisotopic (exact) mass is 270 g/mol. The Hall–Kier alpha value is -1.98. The molecule has 2 aromatic rings. The molecule has 0 heterocycles. The van der Waals surface area contributed by atoms with Crippen molar-refractivity contribution in [2.75, 3.05) is 5.32 Å². The molecule has 19 heavy (non-hydrogen) atoms. The van der Waals surface area contributed by atoms with Crippen LogP contribution >= 0.6 is 11.6 Å². The predicted molar refractivity (Wildman–Crippen MR) is 79.4 cm³/mol. The fourth-order valence-electron chi connectivity index (χ4n) is 2.01. The van der Waals surface area contributed by atoms with Gasteiger partial charge in [-0.05, 0) is 48.7 Å². The van der Waals surface area contributed by atoms with Gasteiger partial charge < -0.3 is 5.32 Å². The third kappa shape index (κ3) is 3.07. The van der Waals surface area contributed by atoms with E-state index in [1.54, 1.807) is 0 Å². The molecule has 1 N–H and O–H groups in total. The molecule has 0 saturated carbocycles. The second-order valence-electron chi connectivity index (χ2n) is 4.53. The summed E-state index contributed by atoms with van der Waals surface area (Å²) in [5.74, 6) is 0. The van der Waals surface area contributed by atoms with Gasteiger partial charge in [0, 0.05) is 11.6 Å². The van der Waals surface area contributed by atoms with Crippen LogP contribution in [0.2, 0.25) is 5.02 Å². The highest BCUT2D eigenvalue weighted by Gasteiger charge is 2.05. The summed E-state index contributed by atoms with van der Waals surface area (Å²) >= 11 is 5.94. The van der Waals surface area contributed by atoms with E-state index in [4.69, 9.17) is 11.6 Å². The maximum Gasteiger partial charge on any atom is 0.102 e. The molecule has 2 aromatic carbocycles. The third-order valence-corrected chi connectivity index (χ3v) is 3.39. The van der Waals surface area contributed by atoms with E-state index in [0.29, 0.717) is 12.1 Å². The van der Waals surface area contributed by atoms with E-state index in [9.17, 15) is 5.26 Å². The lowest BCUT2D eigenvalue weighted by Crippen LogP contribution is -2.03. The van der Waals surface area contributed by atoms with Crippen LogP contribution in [0.25, 0.3) is 0 Å². The van der Waals surface area contributed by atoms with Gasteiger partial charge in [-0.2, -0.15) is 5.26 Å². The molecule has 0 radical (unpaired) electrons. The summed E-state index contributed by atoms with van der Waals surface area (Å²) in [6, 6.07) is 13.9. The molecule has 3 heteroatoms. The van der Waals surface area contributed by atoms with E-state index in [2.05, 4.69) is 11.4 Å². The van der Waals surface area contributed by atoms with Crippen LogP contribution in [0.4, 0.5) is 5.69 Å². The first-order chi connectivity index (χ1) is 9.11. The van der Waals surface area contributed by atoms with Crippen LogP contribution in [0.15, 0.2) is 36.4 Å². The van der Waals surface area contributed by atoms with Crippen molar-refractivity contribution >= 4 is 17.3 Å². The van der Waals surface area contributed by atoms with E-state index in [0.717, 1.165) is 21.8 Å². The molecule has 0 spiro atoms. The van der Waals surface area contributed by atoms with Crippen LogP contribution in [0.3, 0.4) is 0 Å². The summed E-state index contributed by atoms with van der Waals surface area (Å²) in [7, 11) is 0. The number of hydrogen-bond acceptors (Lipinski definition) is 2. The minimum atomic E-state index is 0.682. The first kappa shape index (κ1) is 13.5. The van der Waals surface area contributed by atoms with Crippen LogP contribution < -0.4 is 5.32 Å². The number of anilines is 1. The van der Waals surface area contributed by atoms with Gasteiger partial charge in [0.15, 0.2) is 0 Å². The average Bonchev–Trinajstić information content (AvgIpc) is 2.38. The Bertz CT molecular complexity index is 642. The molecule has 96 valence electrons. The van der Waals surface area contributed by atoms with Crippen molar-refractivity contribution < 1.29 is 0 Å². The number of halogens is 1. The van der Waals surface area contributed by atoms with Crippen molar-refractivity contribution in [3.8, 4) is 6.07 Å². The van der Waals surface area contributed by atoms with E-state index >= 15 is 0 Å². The molecule has 0 bridgehead atoms. The molecule has 0 aromatic heterocycles. The van der Waals surface area contributed by atoms with Gasteiger partial charge in [0.25, 0.3) is 0 Å². The first-order valence-electron chi connectivity index (χ1n) is 6.10. The van der Waals surface area contributed by atoms with Gasteiger partial charge in [0.1, 0.15) is 6.07 Å². The number of hydrogen-bond donors (Lipinski definition) is 1. The van der Waals surface area contributed by atoms with Gasteiger partial charge in [0.2, 0.25) is 0 Å². The Balaban J connectivity index is 2.20. The molecule has 0 fully saturated rings. The number of nitriles is 1. The van der Waals surface area contributed by atoms with Crippen molar-refractivity contribution in [3.05, 3.63) is 63.7 Å². The van der Waals surface area contributed by atoms with Crippen LogP contribution in [0.5, 0.6) is 0 Å². The smallest absolute Gasteiger partial charge is 0.102 e. The van der Waals surface area contributed by atoms with Crippen molar-refractivity contribution in [1.29, 1.82) is 5.26 Å². The van der Waals surface area contributed by atoms with Crippen LogP contribution in [-0.4, -0.2) is 0 Å². The van der Waals surface area contributed by atoms with Gasteiger partial charge in [-0.1, -0.05) is 29.8 Å². The van der Waals surface area contributed by atoms with Crippen molar-refractivity contribution in [1.82, 2.24) is 0 Å². The Kier molecular flexibility index (Phi) is 4.09. The molecular weight excluding hydrogens is 256 g/mol. The van der Waals surface area contributed by atoms with Crippen LogP contribution in [0.1, 0.15) is 22.3 Å². The van der Waals surface area contributed by atoms with E-state index < -0.39 is 0 Å². The molecule has 2 rings (SSSR count). The quantitative estimate of drug-likeness (QED) is 0.895. The lowest BCUT2D eigenvalue weighted by Gasteiger charge is -2.11. The second kappa shape index (κ2) is 5.77. The maximum absolute atomic E-state index is 9.18. The lowest BCUT2D eigenvalue weighted by atomic mass is 10.1. The van der Waals surface area contributed by atoms with Gasteiger partial charge in [0.05, 0.1) is 11.3 Å². The average molecular weight is 271 g/mol.